The second-order valence-corrected chi connectivity index (χ2v) is 9.99. The molecule has 0 aliphatic heterocycles. The molecule has 0 bridgehead atoms. The molecule has 0 amide bonds. The lowest BCUT2D eigenvalue weighted by atomic mass is 10.1. The molecule has 172 valence electrons. The van der Waals surface area contributed by atoms with Crippen LogP contribution in [0.15, 0.2) is 59.1 Å². The molecule has 1 saturated carbocycles. The smallest absolute Gasteiger partial charge is 0.450 e. The van der Waals surface area contributed by atoms with Crippen molar-refractivity contribution in [2.45, 2.75) is 29.3 Å². The van der Waals surface area contributed by atoms with Gasteiger partial charge in [-0.3, -0.25) is 0 Å². The van der Waals surface area contributed by atoms with Crippen LogP contribution in [0, 0.1) is 5.92 Å². The maximum atomic E-state index is 12.7. The molecular formula is C19H18F3N3O5S2. The van der Waals surface area contributed by atoms with Crippen LogP contribution < -0.4 is 4.72 Å². The third-order valence-electron chi connectivity index (χ3n) is 4.82. The van der Waals surface area contributed by atoms with Gasteiger partial charge in [-0.05, 0) is 23.6 Å². The lowest BCUT2D eigenvalue weighted by molar-refractivity contribution is -0.137. The fourth-order valence-electron chi connectivity index (χ4n) is 3.23. The zero-order valence-corrected chi connectivity index (χ0v) is 18.0. The summed E-state index contributed by atoms with van der Waals surface area (Å²) in [5, 5.41) is 17.9. The molecule has 1 aliphatic rings. The molecule has 3 atom stereocenters. The van der Waals surface area contributed by atoms with Crippen LogP contribution in [-0.4, -0.2) is 40.6 Å². The Labute approximate surface area is 185 Å². The molecule has 1 aliphatic carbocycles. The number of halogens is 3. The lowest BCUT2D eigenvalue weighted by Crippen LogP contribution is -2.27. The van der Waals surface area contributed by atoms with Gasteiger partial charge in [-0.2, -0.15) is 18.3 Å². The number of hydrogen-bond acceptors (Lipinski definition) is 5. The number of alkyl halides is 3. The van der Waals surface area contributed by atoms with Gasteiger partial charge in [-0.1, -0.05) is 37.3 Å². The van der Waals surface area contributed by atoms with E-state index in [2.05, 4.69) is 9.82 Å². The molecule has 1 aromatic carbocycles. The molecule has 1 fully saturated rings. The summed E-state index contributed by atoms with van der Waals surface area (Å²) in [5.41, 5.74) is 0.187. The van der Waals surface area contributed by atoms with E-state index < -0.39 is 27.9 Å². The van der Waals surface area contributed by atoms with Crippen LogP contribution in [0.25, 0.3) is 5.00 Å². The van der Waals surface area contributed by atoms with E-state index >= 15 is 0 Å². The number of sulfonamides is 1. The van der Waals surface area contributed by atoms with Crippen LogP contribution in [0.1, 0.15) is 24.0 Å². The first kappa shape index (κ1) is 23.8. The number of carbonyl (C=O) groups is 1. The van der Waals surface area contributed by atoms with E-state index in [1.54, 1.807) is 0 Å². The number of nitrogens with zero attached hydrogens (tertiary/aromatic N) is 2. The molecule has 3 aromatic rings. The first-order valence-electron chi connectivity index (χ1n) is 9.11. The van der Waals surface area contributed by atoms with E-state index in [0.717, 1.165) is 27.8 Å². The zero-order chi connectivity index (χ0) is 23.7. The molecule has 0 unspecified atom stereocenters. The van der Waals surface area contributed by atoms with Gasteiger partial charge in [0.15, 0.2) is 0 Å². The largest absolute Gasteiger partial charge is 0.503 e. The Morgan fingerprint density at radius 1 is 1.16 bits per heavy atom. The summed E-state index contributed by atoms with van der Waals surface area (Å²) in [4.78, 5) is 8.56. The maximum absolute atomic E-state index is 12.7. The summed E-state index contributed by atoms with van der Waals surface area (Å²) in [6.07, 6.45) is -4.78. The molecule has 4 rings (SSSR count). The van der Waals surface area contributed by atoms with Crippen LogP contribution >= 0.6 is 11.3 Å². The van der Waals surface area contributed by atoms with Crippen molar-refractivity contribution in [2.75, 3.05) is 0 Å². The van der Waals surface area contributed by atoms with Gasteiger partial charge in [0.05, 0.1) is 11.8 Å². The number of aromatic nitrogens is 2. The standard InChI is InChI=1S/C18H16F3N3O2S2.CH2O3/c1-11-16(12-5-3-2-4-6-12)17(11)23-28(25,26)15-8-7-14(27-15)24-10-13(9-22-24)18(19,20)21;2-1(3)4/h2-11,16-17,23H,1H3;(H2,2,3,4)/t11-,16-,17+;/m1./s1. The molecule has 3 N–H and O–H groups in total. The van der Waals surface area contributed by atoms with Crippen molar-refractivity contribution >= 4 is 27.5 Å². The van der Waals surface area contributed by atoms with Crippen LogP contribution in [0.5, 0.6) is 0 Å². The minimum absolute atomic E-state index is 0.0393. The Bertz CT molecular complexity index is 1190. The third-order valence-corrected chi connectivity index (χ3v) is 7.85. The van der Waals surface area contributed by atoms with Crippen molar-refractivity contribution in [1.29, 1.82) is 0 Å². The van der Waals surface area contributed by atoms with Crippen LogP contribution in [0.4, 0.5) is 18.0 Å². The molecule has 0 spiro atoms. The van der Waals surface area contributed by atoms with Gasteiger partial charge in [0.1, 0.15) is 9.21 Å². The molecule has 0 radical (unpaired) electrons. The number of hydrogen-bond donors (Lipinski definition) is 3. The van der Waals surface area contributed by atoms with Gasteiger partial charge in [0.2, 0.25) is 10.0 Å². The average Bonchev–Trinajstić information content (AvgIpc) is 3.15. The number of benzene rings is 1. The Balaban J connectivity index is 0.000000668. The van der Waals surface area contributed by atoms with Crippen molar-refractivity contribution in [3.63, 3.8) is 0 Å². The SMILES string of the molecule is C[C@H]1[C@H](NS(=O)(=O)c2ccc(-n3cc(C(F)(F)F)cn3)s2)[C@H]1c1ccccc1.O=C(O)O. The van der Waals surface area contributed by atoms with Gasteiger partial charge in [0.25, 0.3) is 0 Å². The topological polar surface area (TPSA) is 122 Å². The Morgan fingerprint density at radius 2 is 1.78 bits per heavy atom. The molecule has 8 nitrogen and oxygen atoms in total. The number of carboxylic acid groups (broad SMARTS) is 2. The molecule has 13 heteroatoms. The highest BCUT2D eigenvalue weighted by Crippen LogP contribution is 2.48. The first-order valence-corrected chi connectivity index (χ1v) is 11.4. The fraction of sp³-hybridized carbons (Fsp3) is 0.263. The predicted molar refractivity (Wildman–Crippen MR) is 110 cm³/mol. The van der Waals surface area contributed by atoms with Gasteiger partial charge >= 0.3 is 12.3 Å². The normalized spacial score (nSPS) is 20.3. The average molecular weight is 489 g/mol. The molecule has 2 heterocycles. The summed E-state index contributed by atoms with van der Waals surface area (Å²) < 4.78 is 67.3. The number of rotatable bonds is 5. The van der Waals surface area contributed by atoms with Crippen LogP contribution in [0.2, 0.25) is 0 Å². The summed E-state index contributed by atoms with van der Waals surface area (Å²) in [6.45, 7) is 1.98. The van der Waals surface area contributed by atoms with Crippen molar-refractivity contribution in [1.82, 2.24) is 14.5 Å². The number of thiophene rings is 1. The summed E-state index contributed by atoms with van der Waals surface area (Å²) >= 11 is 0.868. The predicted octanol–water partition coefficient (Wildman–Crippen LogP) is 4.26. The molecule has 0 saturated heterocycles. The van der Waals surface area contributed by atoms with Gasteiger partial charge in [-0.15, -0.1) is 11.3 Å². The highest BCUT2D eigenvalue weighted by molar-refractivity contribution is 7.91. The Hall–Kier alpha value is -2.90. The van der Waals surface area contributed by atoms with Crippen LogP contribution in [-0.2, 0) is 16.2 Å². The summed E-state index contributed by atoms with van der Waals surface area (Å²) in [5.74, 6) is 0.271. The summed E-state index contributed by atoms with van der Waals surface area (Å²) in [6, 6.07) is 12.3. The highest BCUT2D eigenvalue weighted by atomic mass is 32.2. The minimum Gasteiger partial charge on any atom is -0.450 e. The summed E-state index contributed by atoms with van der Waals surface area (Å²) in [7, 11) is -3.77. The molecular weight excluding hydrogens is 471 g/mol. The number of nitrogens with one attached hydrogen (secondary N) is 1. The van der Waals surface area contributed by atoms with Crippen molar-refractivity contribution in [2.24, 2.45) is 5.92 Å². The van der Waals surface area contributed by atoms with Gasteiger partial charge in [-0.25, -0.2) is 22.6 Å². The van der Waals surface area contributed by atoms with Crippen molar-refractivity contribution in [3.05, 3.63) is 66.0 Å². The molecule has 2 aromatic heterocycles. The van der Waals surface area contributed by atoms with Gasteiger partial charge < -0.3 is 10.2 Å². The lowest BCUT2D eigenvalue weighted by Gasteiger charge is -2.04. The van der Waals surface area contributed by atoms with E-state index in [4.69, 9.17) is 15.0 Å². The maximum Gasteiger partial charge on any atom is 0.503 e. The van der Waals surface area contributed by atoms with Crippen molar-refractivity contribution < 1.29 is 36.6 Å². The van der Waals surface area contributed by atoms with Gasteiger partial charge in [0, 0.05) is 18.2 Å². The van der Waals surface area contributed by atoms with E-state index in [1.165, 1.54) is 12.1 Å². The highest BCUT2D eigenvalue weighted by Gasteiger charge is 2.49. The first-order chi connectivity index (χ1) is 14.9. The Kier molecular flexibility index (Phi) is 6.62. The van der Waals surface area contributed by atoms with E-state index in [0.29, 0.717) is 11.2 Å². The molecule has 32 heavy (non-hydrogen) atoms. The quantitative estimate of drug-likeness (QED) is 0.493. The van der Waals surface area contributed by atoms with E-state index in [9.17, 15) is 21.6 Å². The second-order valence-electron chi connectivity index (χ2n) is 6.99. The third kappa shape index (κ3) is 5.47. The fourth-order valence-corrected chi connectivity index (χ4v) is 5.83. The van der Waals surface area contributed by atoms with Crippen LogP contribution in [0.3, 0.4) is 0 Å². The Morgan fingerprint density at radius 3 is 2.34 bits per heavy atom. The zero-order valence-electron chi connectivity index (χ0n) is 16.4. The van der Waals surface area contributed by atoms with E-state index in [1.807, 2.05) is 37.3 Å². The van der Waals surface area contributed by atoms with E-state index in [-0.39, 0.29) is 22.1 Å². The minimum atomic E-state index is -4.50. The van der Waals surface area contributed by atoms with Crippen molar-refractivity contribution in [3.8, 4) is 5.00 Å². The second kappa shape index (κ2) is 8.92. The monoisotopic (exact) mass is 489 g/mol.